The summed E-state index contributed by atoms with van der Waals surface area (Å²) in [5.74, 6) is 1.68. The summed E-state index contributed by atoms with van der Waals surface area (Å²) in [5, 5.41) is 9.21. The fourth-order valence-electron chi connectivity index (χ4n) is 1.63. The van der Waals surface area contributed by atoms with Crippen LogP contribution >= 0.6 is 23.1 Å². The Bertz CT molecular complexity index is 571. The zero-order valence-corrected chi connectivity index (χ0v) is 13.4. The zero-order valence-electron chi connectivity index (χ0n) is 11.8. The molecule has 0 amide bonds. The van der Waals surface area contributed by atoms with Crippen molar-refractivity contribution in [1.82, 2.24) is 10.2 Å². The molecule has 0 aliphatic carbocycles. The maximum atomic E-state index is 5.67. The molecule has 5 nitrogen and oxygen atoms in total. The highest BCUT2D eigenvalue weighted by molar-refractivity contribution is 8.00. The predicted molar refractivity (Wildman–Crippen MR) is 84.7 cm³/mol. The van der Waals surface area contributed by atoms with E-state index in [1.807, 2.05) is 31.1 Å². The van der Waals surface area contributed by atoms with Crippen molar-refractivity contribution in [2.45, 2.75) is 16.6 Å². The first kappa shape index (κ1) is 15.1. The van der Waals surface area contributed by atoms with Gasteiger partial charge in [0.25, 0.3) is 0 Å². The average Bonchev–Trinajstić information content (AvgIpc) is 2.94. The Kier molecular flexibility index (Phi) is 5.22. The smallest absolute Gasteiger partial charge is 0.208 e. The van der Waals surface area contributed by atoms with Crippen molar-refractivity contribution >= 4 is 28.2 Å². The number of rotatable bonds is 6. The van der Waals surface area contributed by atoms with E-state index in [0.29, 0.717) is 6.54 Å². The molecule has 0 fully saturated rings. The number of nitrogens with zero attached hydrogens (tertiary/aromatic N) is 3. The molecule has 0 saturated heterocycles. The molecule has 0 radical (unpaired) electrons. The topological polar surface area (TPSA) is 64.3 Å². The maximum Gasteiger partial charge on any atom is 0.208 e. The van der Waals surface area contributed by atoms with Crippen molar-refractivity contribution in [2.24, 2.45) is 5.73 Å². The first-order valence-electron chi connectivity index (χ1n) is 6.13. The lowest BCUT2D eigenvalue weighted by Gasteiger charge is -2.08. The molecule has 0 unspecified atom stereocenters. The predicted octanol–water partition coefficient (Wildman–Crippen LogP) is 2.36. The largest absolute Gasteiger partial charge is 0.496 e. The van der Waals surface area contributed by atoms with E-state index in [0.717, 1.165) is 26.5 Å². The number of hydrogen-bond donors (Lipinski definition) is 1. The molecule has 20 heavy (non-hydrogen) atoms. The highest BCUT2D eigenvalue weighted by Crippen LogP contribution is 2.30. The van der Waals surface area contributed by atoms with Crippen molar-refractivity contribution in [2.75, 3.05) is 26.1 Å². The Morgan fingerprint density at radius 1 is 1.35 bits per heavy atom. The van der Waals surface area contributed by atoms with Gasteiger partial charge in [-0.2, -0.15) is 0 Å². The van der Waals surface area contributed by atoms with Gasteiger partial charge in [0.05, 0.1) is 7.11 Å². The second-order valence-corrected chi connectivity index (χ2v) is 6.56. The van der Waals surface area contributed by atoms with Gasteiger partial charge in [-0.15, -0.1) is 10.2 Å². The molecular weight excluding hydrogens is 292 g/mol. The molecular formula is C13H18N4OS2. The zero-order chi connectivity index (χ0) is 14.5. The Morgan fingerprint density at radius 3 is 2.75 bits per heavy atom. The summed E-state index contributed by atoms with van der Waals surface area (Å²) in [4.78, 5) is 1.96. The minimum absolute atomic E-state index is 0.485. The molecule has 0 bridgehead atoms. The number of hydrogen-bond acceptors (Lipinski definition) is 7. The minimum Gasteiger partial charge on any atom is -0.496 e. The number of thioether (sulfide) groups is 1. The van der Waals surface area contributed by atoms with Gasteiger partial charge in [0, 0.05) is 32.0 Å². The van der Waals surface area contributed by atoms with E-state index >= 15 is 0 Å². The van der Waals surface area contributed by atoms with Gasteiger partial charge in [-0.3, -0.25) is 0 Å². The van der Waals surface area contributed by atoms with E-state index in [1.165, 1.54) is 5.56 Å². The van der Waals surface area contributed by atoms with Crippen LogP contribution < -0.4 is 15.4 Å². The van der Waals surface area contributed by atoms with Gasteiger partial charge in [0.15, 0.2) is 4.34 Å². The van der Waals surface area contributed by atoms with Gasteiger partial charge < -0.3 is 15.4 Å². The van der Waals surface area contributed by atoms with Gasteiger partial charge >= 0.3 is 0 Å². The van der Waals surface area contributed by atoms with E-state index in [4.69, 9.17) is 10.5 Å². The third-order valence-electron chi connectivity index (χ3n) is 2.71. The molecule has 2 rings (SSSR count). The molecule has 2 N–H and O–H groups in total. The third kappa shape index (κ3) is 3.62. The number of nitrogens with two attached hydrogens (primary N) is 1. The van der Waals surface area contributed by atoms with Gasteiger partial charge in [0.1, 0.15) is 5.75 Å². The Balaban J connectivity index is 2.03. The van der Waals surface area contributed by atoms with Crippen LogP contribution in [-0.4, -0.2) is 31.4 Å². The monoisotopic (exact) mass is 310 g/mol. The number of ether oxygens (including phenoxy) is 1. The molecule has 108 valence electrons. The summed E-state index contributed by atoms with van der Waals surface area (Å²) in [6, 6.07) is 6.12. The molecule has 1 aromatic carbocycles. The standard InChI is InChI=1S/C13H18N4OS2/c1-17(2)12-15-16-13(20-12)19-8-9-4-5-10(7-14)11(6-9)18-3/h4-6H,7-8,14H2,1-3H3. The number of methoxy groups -OCH3 is 1. The first-order chi connectivity index (χ1) is 9.63. The van der Waals surface area contributed by atoms with Crippen molar-refractivity contribution in [3.05, 3.63) is 29.3 Å². The molecule has 0 aliphatic rings. The quantitative estimate of drug-likeness (QED) is 0.826. The summed E-state index contributed by atoms with van der Waals surface area (Å²) < 4.78 is 6.31. The van der Waals surface area contributed by atoms with Crippen LogP contribution in [0.5, 0.6) is 5.75 Å². The second-order valence-electron chi connectivity index (χ2n) is 4.38. The van der Waals surface area contributed by atoms with Crippen molar-refractivity contribution in [3.8, 4) is 5.75 Å². The second kappa shape index (κ2) is 6.92. The molecule has 0 aliphatic heterocycles. The molecule has 0 atom stereocenters. The molecule has 2 aromatic rings. The van der Waals surface area contributed by atoms with Gasteiger partial charge in [-0.25, -0.2) is 0 Å². The van der Waals surface area contributed by atoms with Crippen LogP contribution in [0.25, 0.3) is 0 Å². The summed E-state index contributed by atoms with van der Waals surface area (Å²) in [6.45, 7) is 0.485. The normalized spacial score (nSPS) is 10.6. The number of aromatic nitrogens is 2. The molecule has 0 spiro atoms. The lowest BCUT2D eigenvalue weighted by molar-refractivity contribution is 0.409. The number of benzene rings is 1. The fourth-order valence-corrected chi connectivity index (χ4v) is 3.34. The van der Waals surface area contributed by atoms with E-state index in [2.05, 4.69) is 16.3 Å². The lowest BCUT2D eigenvalue weighted by Crippen LogP contribution is -2.07. The third-order valence-corrected chi connectivity index (χ3v) is 5.01. The molecule has 0 saturated carbocycles. The molecule has 7 heteroatoms. The SMILES string of the molecule is COc1cc(CSc2nnc(N(C)C)s2)ccc1CN. The Hall–Kier alpha value is -1.31. The summed E-state index contributed by atoms with van der Waals surface area (Å²) in [7, 11) is 5.59. The van der Waals surface area contributed by atoms with Gasteiger partial charge in [-0.1, -0.05) is 35.2 Å². The van der Waals surface area contributed by atoms with Gasteiger partial charge in [0.2, 0.25) is 5.13 Å². The van der Waals surface area contributed by atoms with E-state index in [9.17, 15) is 0 Å². The Labute approximate surface area is 127 Å². The van der Waals surface area contributed by atoms with Crippen LogP contribution in [0.4, 0.5) is 5.13 Å². The average molecular weight is 310 g/mol. The van der Waals surface area contributed by atoms with Crippen molar-refractivity contribution < 1.29 is 4.74 Å². The van der Waals surface area contributed by atoms with Crippen LogP contribution in [0, 0.1) is 0 Å². The van der Waals surface area contributed by atoms with E-state index < -0.39 is 0 Å². The first-order valence-corrected chi connectivity index (χ1v) is 7.93. The van der Waals surface area contributed by atoms with Crippen molar-refractivity contribution in [3.63, 3.8) is 0 Å². The highest BCUT2D eigenvalue weighted by atomic mass is 32.2. The highest BCUT2D eigenvalue weighted by Gasteiger charge is 2.08. The molecule has 1 heterocycles. The van der Waals surface area contributed by atoms with Crippen LogP contribution in [0.2, 0.25) is 0 Å². The van der Waals surface area contributed by atoms with E-state index in [1.54, 1.807) is 30.2 Å². The lowest BCUT2D eigenvalue weighted by atomic mass is 10.1. The summed E-state index contributed by atoms with van der Waals surface area (Å²) >= 11 is 3.27. The summed E-state index contributed by atoms with van der Waals surface area (Å²) in [5.41, 5.74) is 7.87. The van der Waals surface area contributed by atoms with Crippen molar-refractivity contribution in [1.29, 1.82) is 0 Å². The Morgan fingerprint density at radius 2 is 2.15 bits per heavy atom. The van der Waals surface area contributed by atoms with E-state index in [-0.39, 0.29) is 0 Å². The fraction of sp³-hybridized carbons (Fsp3) is 0.385. The number of anilines is 1. The molecule has 1 aromatic heterocycles. The van der Waals surface area contributed by atoms with Crippen LogP contribution in [-0.2, 0) is 12.3 Å². The summed E-state index contributed by atoms with van der Waals surface area (Å²) in [6.07, 6.45) is 0. The van der Waals surface area contributed by atoms with Crippen LogP contribution in [0.1, 0.15) is 11.1 Å². The maximum absolute atomic E-state index is 5.67. The van der Waals surface area contributed by atoms with Crippen LogP contribution in [0.15, 0.2) is 22.5 Å². The van der Waals surface area contributed by atoms with Gasteiger partial charge in [-0.05, 0) is 11.6 Å². The minimum atomic E-state index is 0.485. The van der Waals surface area contributed by atoms with Crippen LogP contribution in [0.3, 0.4) is 0 Å².